The van der Waals surface area contributed by atoms with Crippen LogP contribution >= 0.6 is 23.2 Å². The molecule has 1 saturated carbocycles. The van der Waals surface area contributed by atoms with Crippen LogP contribution in [0.3, 0.4) is 0 Å². The fourth-order valence-corrected chi connectivity index (χ4v) is 2.43. The molecule has 1 aromatic heterocycles. The SMILES string of the molecule is CNc1nc(N(CCOC)C2CC2)c(Cl)cc1Cl. The van der Waals surface area contributed by atoms with Crippen molar-refractivity contribution in [2.24, 2.45) is 0 Å². The first-order valence-corrected chi connectivity index (χ1v) is 6.72. The Morgan fingerprint density at radius 2 is 2.17 bits per heavy atom. The average Bonchev–Trinajstić information content (AvgIpc) is 3.16. The van der Waals surface area contributed by atoms with E-state index in [1.54, 1.807) is 20.2 Å². The summed E-state index contributed by atoms with van der Waals surface area (Å²) in [6.45, 7) is 1.45. The molecule has 0 bridgehead atoms. The van der Waals surface area contributed by atoms with Gasteiger partial charge in [0.15, 0.2) is 0 Å². The van der Waals surface area contributed by atoms with Crippen molar-refractivity contribution in [3.05, 3.63) is 16.1 Å². The molecule has 18 heavy (non-hydrogen) atoms. The number of nitrogens with zero attached hydrogens (tertiary/aromatic N) is 2. The second-order valence-corrected chi connectivity index (χ2v) is 5.11. The van der Waals surface area contributed by atoms with Crippen LogP contribution in [0.5, 0.6) is 0 Å². The number of halogens is 2. The molecule has 100 valence electrons. The van der Waals surface area contributed by atoms with Crippen molar-refractivity contribution < 1.29 is 4.74 Å². The van der Waals surface area contributed by atoms with Gasteiger partial charge in [0.25, 0.3) is 0 Å². The summed E-state index contributed by atoms with van der Waals surface area (Å²) in [6, 6.07) is 2.26. The predicted octanol–water partition coefficient (Wildman–Crippen LogP) is 3.05. The van der Waals surface area contributed by atoms with Crippen LogP contribution in [-0.4, -0.2) is 38.3 Å². The maximum absolute atomic E-state index is 6.25. The standard InChI is InChI=1S/C12H17Cl2N3O/c1-15-11-9(13)7-10(14)12(16-11)17(5-6-18-2)8-3-4-8/h7-8H,3-6H2,1-2H3,(H,15,16). The van der Waals surface area contributed by atoms with E-state index in [9.17, 15) is 0 Å². The normalized spacial score (nSPS) is 14.7. The van der Waals surface area contributed by atoms with E-state index in [-0.39, 0.29) is 0 Å². The highest BCUT2D eigenvalue weighted by Crippen LogP contribution is 2.37. The van der Waals surface area contributed by atoms with E-state index >= 15 is 0 Å². The number of anilines is 2. The Labute approximate surface area is 117 Å². The molecule has 1 N–H and O–H groups in total. The molecular formula is C12H17Cl2N3O. The van der Waals surface area contributed by atoms with Gasteiger partial charge in [-0.15, -0.1) is 0 Å². The van der Waals surface area contributed by atoms with E-state index in [0.717, 1.165) is 12.4 Å². The van der Waals surface area contributed by atoms with Gasteiger partial charge >= 0.3 is 0 Å². The molecular weight excluding hydrogens is 273 g/mol. The Morgan fingerprint density at radius 3 is 2.72 bits per heavy atom. The van der Waals surface area contributed by atoms with Crippen molar-refractivity contribution in [1.29, 1.82) is 0 Å². The van der Waals surface area contributed by atoms with Gasteiger partial charge in [0.1, 0.15) is 11.6 Å². The molecule has 0 aliphatic heterocycles. The summed E-state index contributed by atoms with van der Waals surface area (Å²) in [5, 5.41) is 4.09. The second-order valence-electron chi connectivity index (χ2n) is 4.29. The summed E-state index contributed by atoms with van der Waals surface area (Å²) in [4.78, 5) is 6.70. The van der Waals surface area contributed by atoms with Gasteiger partial charge in [-0.1, -0.05) is 23.2 Å². The van der Waals surface area contributed by atoms with Gasteiger partial charge < -0.3 is 15.0 Å². The van der Waals surface area contributed by atoms with E-state index < -0.39 is 0 Å². The topological polar surface area (TPSA) is 37.4 Å². The first-order valence-electron chi connectivity index (χ1n) is 5.96. The van der Waals surface area contributed by atoms with Crippen molar-refractivity contribution in [3.63, 3.8) is 0 Å². The lowest BCUT2D eigenvalue weighted by Gasteiger charge is -2.24. The number of rotatable bonds is 6. The Kier molecular flexibility index (Phi) is 4.54. The zero-order valence-corrected chi connectivity index (χ0v) is 12.1. The minimum Gasteiger partial charge on any atom is -0.383 e. The molecule has 0 radical (unpaired) electrons. The summed E-state index contributed by atoms with van der Waals surface area (Å²) in [7, 11) is 3.49. The number of hydrogen-bond acceptors (Lipinski definition) is 4. The lowest BCUT2D eigenvalue weighted by molar-refractivity contribution is 0.204. The third-order valence-corrected chi connectivity index (χ3v) is 3.51. The average molecular weight is 290 g/mol. The fraction of sp³-hybridized carbons (Fsp3) is 0.583. The first kappa shape index (κ1) is 13.7. The van der Waals surface area contributed by atoms with E-state index in [4.69, 9.17) is 27.9 Å². The molecule has 0 amide bonds. The number of nitrogens with one attached hydrogen (secondary N) is 1. The second kappa shape index (κ2) is 5.95. The monoisotopic (exact) mass is 289 g/mol. The molecule has 0 aromatic carbocycles. The van der Waals surface area contributed by atoms with Crippen molar-refractivity contribution in [3.8, 4) is 0 Å². The van der Waals surface area contributed by atoms with Crippen molar-refractivity contribution in [2.45, 2.75) is 18.9 Å². The molecule has 0 unspecified atom stereocenters. The molecule has 0 saturated heterocycles. The highest BCUT2D eigenvalue weighted by molar-refractivity contribution is 6.37. The minimum atomic E-state index is 0.524. The summed E-state index contributed by atoms with van der Waals surface area (Å²) in [5.74, 6) is 1.43. The van der Waals surface area contributed by atoms with Gasteiger partial charge in [-0.25, -0.2) is 4.98 Å². The molecule has 1 aromatic rings. The molecule has 1 heterocycles. The molecule has 6 heteroatoms. The molecule has 2 rings (SSSR count). The van der Waals surface area contributed by atoms with Gasteiger partial charge in [-0.2, -0.15) is 0 Å². The van der Waals surface area contributed by atoms with Crippen LogP contribution in [0.15, 0.2) is 6.07 Å². The number of methoxy groups -OCH3 is 1. The molecule has 1 aliphatic rings. The Bertz CT molecular complexity index is 424. The van der Waals surface area contributed by atoms with Crippen LogP contribution in [0.25, 0.3) is 0 Å². The van der Waals surface area contributed by atoms with Crippen LogP contribution in [0.4, 0.5) is 11.6 Å². The van der Waals surface area contributed by atoms with Crippen LogP contribution in [0.2, 0.25) is 10.0 Å². The van der Waals surface area contributed by atoms with Crippen molar-refractivity contribution >= 4 is 34.8 Å². The third-order valence-electron chi connectivity index (χ3n) is 2.94. The van der Waals surface area contributed by atoms with Gasteiger partial charge in [0.2, 0.25) is 0 Å². The molecule has 0 atom stereocenters. The molecule has 4 nitrogen and oxygen atoms in total. The largest absolute Gasteiger partial charge is 0.383 e. The Balaban J connectivity index is 2.28. The van der Waals surface area contributed by atoms with Crippen LogP contribution in [0.1, 0.15) is 12.8 Å². The smallest absolute Gasteiger partial charge is 0.150 e. The Hall–Kier alpha value is -0.710. The highest BCUT2D eigenvalue weighted by atomic mass is 35.5. The van der Waals surface area contributed by atoms with Gasteiger partial charge in [-0.05, 0) is 18.9 Å². The summed E-state index contributed by atoms with van der Waals surface area (Å²) in [6.07, 6.45) is 2.36. The lowest BCUT2D eigenvalue weighted by Crippen LogP contribution is -2.30. The van der Waals surface area contributed by atoms with Gasteiger partial charge in [0.05, 0.1) is 16.7 Å². The van der Waals surface area contributed by atoms with Crippen LogP contribution < -0.4 is 10.2 Å². The van der Waals surface area contributed by atoms with Crippen molar-refractivity contribution in [2.75, 3.05) is 37.5 Å². The predicted molar refractivity (Wildman–Crippen MR) is 76.0 cm³/mol. The number of hydrogen-bond donors (Lipinski definition) is 1. The number of ether oxygens (including phenoxy) is 1. The molecule has 1 aliphatic carbocycles. The maximum atomic E-state index is 6.25. The fourth-order valence-electron chi connectivity index (χ4n) is 1.87. The zero-order valence-electron chi connectivity index (χ0n) is 10.5. The van der Waals surface area contributed by atoms with Crippen molar-refractivity contribution in [1.82, 2.24) is 4.98 Å². The Morgan fingerprint density at radius 1 is 1.44 bits per heavy atom. The summed E-state index contributed by atoms with van der Waals surface area (Å²) in [5.41, 5.74) is 0. The number of pyridine rings is 1. The van der Waals surface area contributed by atoms with E-state index in [2.05, 4.69) is 15.2 Å². The molecule has 0 spiro atoms. The summed E-state index contributed by atoms with van der Waals surface area (Å²) >= 11 is 12.3. The third kappa shape index (κ3) is 2.99. The molecule has 1 fully saturated rings. The number of aromatic nitrogens is 1. The van der Waals surface area contributed by atoms with Gasteiger partial charge in [-0.3, -0.25) is 0 Å². The zero-order chi connectivity index (χ0) is 13.1. The van der Waals surface area contributed by atoms with E-state index in [1.807, 2.05) is 0 Å². The van der Waals surface area contributed by atoms with E-state index in [1.165, 1.54) is 12.8 Å². The highest BCUT2D eigenvalue weighted by Gasteiger charge is 2.31. The van der Waals surface area contributed by atoms with E-state index in [0.29, 0.717) is 28.5 Å². The quantitative estimate of drug-likeness (QED) is 0.873. The van der Waals surface area contributed by atoms with Gasteiger partial charge in [0, 0.05) is 26.7 Å². The lowest BCUT2D eigenvalue weighted by atomic mass is 10.3. The van der Waals surface area contributed by atoms with Crippen LogP contribution in [-0.2, 0) is 4.74 Å². The minimum absolute atomic E-state index is 0.524. The van der Waals surface area contributed by atoms with Crippen LogP contribution in [0, 0.1) is 0 Å². The first-order chi connectivity index (χ1) is 8.67. The summed E-state index contributed by atoms with van der Waals surface area (Å²) < 4.78 is 5.14. The maximum Gasteiger partial charge on any atom is 0.150 e.